The molecule has 0 radical (unpaired) electrons. The van der Waals surface area contributed by atoms with Crippen LogP contribution in [0.15, 0.2) is 72.8 Å². The molecule has 0 aliphatic carbocycles. The first-order valence-electron chi connectivity index (χ1n) is 16.4. The van der Waals surface area contributed by atoms with E-state index in [2.05, 4.69) is 11.7 Å². The second-order valence-corrected chi connectivity index (χ2v) is 11.6. The molecule has 8 nitrogen and oxygen atoms in total. The van der Waals surface area contributed by atoms with E-state index in [1.54, 1.807) is 24.3 Å². The Morgan fingerprint density at radius 2 is 1.02 bits per heavy atom. The molecule has 0 bridgehead atoms. The number of benzene rings is 3. The third-order valence-electron chi connectivity index (χ3n) is 7.32. The van der Waals surface area contributed by atoms with Crippen molar-refractivity contribution in [2.75, 3.05) is 19.8 Å². The van der Waals surface area contributed by atoms with Crippen molar-refractivity contribution in [1.82, 2.24) is 0 Å². The Morgan fingerprint density at radius 1 is 0.600 bits per heavy atom. The maximum absolute atomic E-state index is 12.9. The maximum Gasteiger partial charge on any atom is 0.455 e. The van der Waals surface area contributed by atoms with Crippen molar-refractivity contribution in [1.29, 1.82) is 0 Å². The van der Waals surface area contributed by atoms with Crippen LogP contribution in [-0.4, -0.2) is 55.9 Å². The van der Waals surface area contributed by atoms with E-state index in [0.717, 1.165) is 12.8 Å². The van der Waals surface area contributed by atoms with Gasteiger partial charge in [0.1, 0.15) is 30.0 Å². The Kier molecular flexibility index (Phi) is 15.7. The molecule has 0 unspecified atom stereocenters. The number of halogens is 5. The van der Waals surface area contributed by atoms with Crippen molar-refractivity contribution in [2.45, 2.75) is 83.4 Å². The Balaban J connectivity index is 1.39. The molecule has 0 saturated carbocycles. The lowest BCUT2D eigenvalue weighted by Gasteiger charge is -2.20. The van der Waals surface area contributed by atoms with Gasteiger partial charge in [0, 0.05) is 0 Å². The lowest BCUT2D eigenvalue weighted by atomic mass is 10.1. The van der Waals surface area contributed by atoms with Gasteiger partial charge in [-0.1, -0.05) is 51.9 Å². The molecule has 1 atom stereocenters. The molecular formula is C37H41F5O8. The van der Waals surface area contributed by atoms with Gasteiger partial charge in [-0.05, 0) is 86.1 Å². The molecule has 3 rings (SSSR count). The lowest BCUT2D eigenvalue weighted by molar-refractivity contribution is -0.297. The summed E-state index contributed by atoms with van der Waals surface area (Å²) in [6.45, 7) is 1.49. The van der Waals surface area contributed by atoms with Crippen molar-refractivity contribution in [2.24, 2.45) is 0 Å². The number of hydrogen-bond acceptors (Lipinski definition) is 8. The fourth-order valence-corrected chi connectivity index (χ4v) is 4.48. The molecule has 0 aliphatic heterocycles. The number of carbonyl (C=O) groups is 3. The van der Waals surface area contributed by atoms with Gasteiger partial charge in [0.05, 0.1) is 29.9 Å². The van der Waals surface area contributed by atoms with E-state index in [0.29, 0.717) is 17.9 Å². The fraction of sp³-hybridized carbons (Fsp3) is 0.432. The highest BCUT2D eigenvalue weighted by Gasteiger charge is 2.57. The quantitative estimate of drug-likeness (QED) is 0.0496. The number of ether oxygens (including phenoxy) is 5. The van der Waals surface area contributed by atoms with E-state index < -0.39 is 49.3 Å². The highest BCUT2D eigenvalue weighted by Crippen LogP contribution is 2.35. The van der Waals surface area contributed by atoms with Gasteiger partial charge >= 0.3 is 30.0 Å². The molecule has 0 fully saturated rings. The van der Waals surface area contributed by atoms with Gasteiger partial charge in [-0.2, -0.15) is 22.0 Å². The van der Waals surface area contributed by atoms with Crippen LogP contribution in [0, 0.1) is 0 Å². The molecule has 272 valence electrons. The van der Waals surface area contributed by atoms with Crippen LogP contribution < -0.4 is 14.2 Å². The first kappa shape index (κ1) is 39.9. The van der Waals surface area contributed by atoms with Crippen LogP contribution in [0.1, 0.15) is 96.3 Å². The molecule has 0 N–H and O–H groups in total. The predicted molar refractivity (Wildman–Crippen MR) is 174 cm³/mol. The molecule has 3 aromatic rings. The van der Waals surface area contributed by atoms with E-state index in [1.165, 1.54) is 94.0 Å². The number of rotatable bonds is 20. The molecule has 0 amide bonds. The second-order valence-electron chi connectivity index (χ2n) is 11.6. The normalized spacial score (nSPS) is 12.2. The summed E-state index contributed by atoms with van der Waals surface area (Å²) in [7, 11) is 0. The second kappa shape index (κ2) is 19.6. The van der Waals surface area contributed by atoms with Gasteiger partial charge in [0.25, 0.3) is 0 Å². The highest BCUT2D eigenvalue weighted by molar-refractivity contribution is 5.93. The van der Waals surface area contributed by atoms with Gasteiger partial charge in [-0.25, -0.2) is 14.4 Å². The van der Waals surface area contributed by atoms with Gasteiger partial charge in [0.2, 0.25) is 0 Å². The number of alkyl halides is 5. The largest absolute Gasteiger partial charge is 0.494 e. The zero-order chi connectivity index (χ0) is 36.6. The minimum absolute atomic E-state index is 0.00408. The maximum atomic E-state index is 12.9. The molecule has 0 saturated heterocycles. The number of hydrogen-bond donors (Lipinski definition) is 0. The molecule has 0 spiro atoms. The standard InChI is InChI=1S/C37H41F5O8/c1-3-4-5-6-7-8-9-10-23-47-30-17-11-28(12-18-30)34(44)49-32-21-15-29(16-22-32)35(45)50-31-19-13-27(14-20-31)33(43)48-26(2)24-46-25-36(38,39)37(40,41)42/h11-22,26H,3-10,23-25H2,1-2H3/t26-/m1/s1. The fourth-order valence-electron chi connectivity index (χ4n) is 4.48. The topological polar surface area (TPSA) is 97.4 Å². The average molecular weight is 709 g/mol. The summed E-state index contributed by atoms with van der Waals surface area (Å²) in [5, 5.41) is 0. The Hall–Kier alpha value is -4.52. The number of unbranched alkanes of at least 4 members (excludes halogenated alkanes) is 7. The minimum atomic E-state index is -5.76. The molecule has 0 aromatic heterocycles. The third-order valence-corrected chi connectivity index (χ3v) is 7.32. The van der Waals surface area contributed by atoms with Crippen LogP contribution in [0.5, 0.6) is 17.2 Å². The van der Waals surface area contributed by atoms with E-state index >= 15 is 0 Å². The Labute approximate surface area is 287 Å². The van der Waals surface area contributed by atoms with Crippen molar-refractivity contribution < 1.29 is 60.0 Å². The highest BCUT2D eigenvalue weighted by atomic mass is 19.4. The molecule has 13 heteroatoms. The monoisotopic (exact) mass is 708 g/mol. The van der Waals surface area contributed by atoms with Crippen LogP contribution in [0.25, 0.3) is 0 Å². The van der Waals surface area contributed by atoms with Crippen molar-refractivity contribution in [3.8, 4) is 17.2 Å². The van der Waals surface area contributed by atoms with E-state index in [9.17, 15) is 36.3 Å². The third kappa shape index (κ3) is 13.4. The predicted octanol–water partition coefficient (Wildman–Crippen LogP) is 9.40. The molecule has 3 aromatic carbocycles. The first-order valence-corrected chi connectivity index (χ1v) is 16.4. The average Bonchev–Trinajstić information content (AvgIpc) is 3.07. The zero-order valence-corrected chi connectivity index (χ0v) is 27.9. The summed E-state index contributed by atoms with van der Waals surface area (Å²) < 4.78 is 88.4. The molecular weight excluding hydrogens is 667 g/mol. The van der Waals surface area contributed by atoms with E-state index in [1.807, 2.05) is 0 Å². The van der Waals surface area contributed by atoms with Crippen molar-refractivity contribution >= 4 is 17.9 Å². The molecule has 50 heavy (non-hydrogen) atoms. The first-order chi connectivity index (χ1) is 23.8. The van der Waals surface area contributed by atoms with Gasteiger partial charge in [-0.3, -0.25) is 0 Å². The van der Waals surface area contributed by atoms with E-state index in [4.69, 9.17) is 18.9 Å². The van der Waals surface area contributed by atoms with Gasteiger partial charge < -0.3 is 23.7 Å². The lowest BCUT2D eigenvalue weighted by Crippen LogP contribution is -2.41. The summed E-state index contributed by atoms with van der Waals surface area (Å²) in [5.74, 6) is -6.30. The summed E-state index contributed by atoms with van der Waals surface area (Å²) in [4.78, 5) is 37.5. The smallest absolute Gasteiger partial charge is 0.455 e. The summed E-state index contributed by atoms with van der Waals surface area (Å²) in [6.07, 6.45) is 2.79. The van der Waals surface area contributed by atoms with Crippen molar-refractivity contribution in [3.63, 3.8) is 0 Å². The molecule has 0 heterocycles. The number of carbonyl (C=O) groups excluding carboxylic acids is 3. The van der Waals surface area contributed by atoms with Crippen LogP contribution in [0.4, 0.5) is 22.0 Å². The summed E-state index contributed by atoms with van der Waals surface area (Å²) >= 11 is 0. The van der Waals surface area contributed by atoms with E-state index in [-0.39, 0.29) is 22.6 Å². The van der Waals surface area contributed by atoms with Crippen LogP contribution in [-0.2, 0) is 9.47 Å². The van der Waals surface area contributed by atoms with Gasteiger partial charge in [0.15, 0.2) is 0 Å². The minimum Gasteiger partial charge on any atom is -0.494 e. The Bertz CT molecular complexity index is 1490. The summed E-state index contributed by atoms with van der Waals surface area (Å²) in [5.41, 5.74) is 0.481. The SMILES string of the molecule is CCCCCCCCCCOc1ccc(C(=O)Oc2ccc(C(=O)Oc3ccc(C(=O)O[C@H](C)COCC(F)(F)C(F)(F)F)cc3)cc2)cc1. The number of esters is 3. The van der Waals surface area contributed by atoms with Crippen molar-refractivity contribution in [3.05, 3.63) is 89.5 Å². The summed E-state index contributed by atoms with van der Waals surface area (Å²) in [6, 6.07) is 17.5. The van der Waals surface area contributed by atoms with Crippen LogP contribution in [0.2, 0.25) is 0 Å². The van der Waals surface area contributed by atoms with Crippen LogP contribution in [0.3, 0.4) is 0 Å². The Morgan fingerprint density at radius 3 is 1.48 bits per heavy atom. The molecule has 0 aliphatic rings. The van der Waals surface area contributed by atoms with Crippen LogP contribution >= 0.6 is 0 Å². The van der Waals surface area contributed by atoms with Gasteiger partial charge in [-0.15, -0.1) is 0 Å². The zero-order valence-electron chi connectivity index (χ0n) is 27.9.